The zero-order valence-electron chi connectivity index (χ0n) is 7.97. The molecule has 0 atom stereocenters. The summed E-state index contributed by atoms with van der Waals surface area (Å²) in [5, 5.41) is 4.12. The van der Waals surface area contributed by atoms with Gasteiger partial charge in [0.25, 0.3) is 0 Å². The third-order valence-corrected chi connectivity index (χ3v) is 4.86. The van der Waals surface area contributed by atoms with Gasteiger partial charge in [-0.1, -0.05) is 12.6 Å². The largest absolute Gasteiger partial charge is 0.352 e. The second-order valence-electron chi connectivity index (χ2n) is 2.75. The smallest absolute Gasteiger partial charge is 0.243 e. The highest BCUT2D eigenvalue weighted by molar-refractivity contribution is 7.93. The van der Waals surface area contributed by atoms with Gasteiger partial charge in [0.2, 0.25) is 5.91 Å². The Balaban J connectivity index is 2.52. The van der Waals surface area contributed by atoms with Crippen molar-refractivity contribution >= 4 is 27.1 Å². The summed E-state index contributed by atoms with van der Waals surface area (Å²) in [6.45, 7) is 3.37. The van der Waals surface area contributed by atoms with Crippen LogP contribution >= 0.6 is 11.3 Å². The number of carbonyl (C=O) groups is 1. The van der Waals surface area contributed by atoms with E-state index >= 15 is 0 Å². The van der Waals surface area contributed by atoms with E-state index in [1.54, 1.807) is 17.5 Å². The van der Waals surface area contributed by atoms with Gasteiger partial charge in [0, 0.05) is 6.54 Å². The monoisotopic (exact) mass is 245 g/mol. The molecule has 0 saturated carbocycles. The van der Waals surface area contributed by atoms with Gasteiger partial charge in [-0.25, -0.2) is 8.42 Å². The lowest BCUT2D eigenvalue weighted by Crippen LogP contribution is -2.27. The average Bonchev–Trinajstić information content (AvgIpc) is 2.70. The second kappa shape index (κ2) is 5.09. The molecule has 82 valence electrons. The summed E-state index contributed by atoms with van der Waals surface area (Å²) < 4.78 is 23.5. The van der Waals surface area contributed by atoms with Crippen LogP contribution in [0.1, 0.15) is 0 Å². The third-order valence-electron chi connectivity index (χ3n) is 1.66. The topological polar surface area (TPSA) is 63.2 Å². The van der Waals surface area contributed by atoms with Crippen molar-refractivity contribution in [1.29, 1.82) is 0 Å². The van der Waals surface area contributed by atoms with Crippen molar-refractivity contribution in [3.05, 3.63) is 30.2 Å². The molecule has 6 heteroatoms. The fourth-order valence-electron chi connectivity index (χ4n) is 0.922. The van der Waals surface area contributed by atoms with Gasteiger partial charge in [-0.2, -0.15) is 0 Å². The molecule has 1 aromatic heterocycles. The maximum absolute atomic E-state index is 11.6. The molecule has 0 aliphatic rings. The molecular formula is C9H11NO3S2. The molecule has 0 unspecified atom stereocenters. The van der Waals surface area contributed by atoms with E-state index in [0.717, 1.165) is 6.08 Å². The Morgan fingerprint density at radius 1 is 1.60 bits per heavy atom. The van der Waals surface area contributed by atoms with E-state index in [-0.39, 0.29) is 18.2 Å². The molecule has 1 rings (SSSR count). The van der Waals surface area contributed by atoms with Gasteiger partial charge in [-0.05, 0) is 17.5 Å². The summed E-state index contributed by atoms with van der Waals surface area (Å²) in [6.07, 6.45) is 1.11. The number of nitrogens with one attached hydrogen (secondary N) is 1. The first kappa shape index (κ1) is 11.9. The van der Waals surface area contributed by atoms with E-state index in [1.165, 1.54) is 11.3 Å². The van der Waals surface area contributed by atoms with Crippen LogP contribution in [0.15, 0.2) is 34.4 Å². The first-order chi connectivity index (χ1) is 7.06. The molecule has 1 N–H and O–H groups in total. The Hall–Kier alpha value is -1.14. The van der Waals surface area contributed by atoms with Crippen LogP contribution in [0, 0.1) is 0 Å². The summed E-state index contributed by atoms with van der Waals surface area (Å²) in [5.41, 5.74) is 0. The Kier molecular flexibility index (Phi) is 4.05. The Morgan fingerprint density at radius 2 is 2.33 bits per heavy atom. The van der Waals surface area contributed by atoms with Gasteiger partial charge < -0.3 is 5.32 Å². The van der Waals surface area contributed by atoms with Gasteiger partial charge in [0.15, 0.2) is 9.84 Å². The fraction of sp³-hybridized carbons (Fsp3) is 0.222. The summed E-state index contributed by atoms with van der Waals surface area (Å²) in [5.74, 6) is -0.455. The quantitative estimate of drug-likeness (QED) is 0.781. The zero-order chi connectivity index (χ0) is 11.3. The van der Waals surface area contributed by atoms with Crippen LogP contribution < -0.4 is 5.32 Å². The number of thiophene rings is 1. The van der Waals surface area contributed by atoms with E-state index in [0.29, 0.717) is 4.21 Å². The molecule has 0 aliphatic carbocycles. The van der Waals surface area contributed by atoms with Crippen molar-refractivity contribution in [3.8, 4) is 0 Å². The van der Waals surface area contributed by atoms with Crippen LogP contribution in [0.5, 0.6) is 0 Å². The first-order valence-corrected chi connectivity index (χ1v) is 6.76. The van der Waals surface area contributed by atoms with Gasteiger partial charge in [-0.3, -0.25) is 4.79 Å². The van der Waals surface area contributed by atoms with Crippen LogP contribution in [-0.4, -0.2) is 26.6 Å². The highest BCUT2D eigenvalue weighted by atomic mass is 32.2. The Bertz CT molecular complexity index is 434. The molecule has 4 nitrogen and oxygen atoms in total. The maximum Gasteiger partial charge on any atom is 0.243 e. The van der Waals surface area contributed by atoms with E-state index in [9.17, 15) is 13.2 Å². The van der Waals surface area contributed by atoms with Crippen LogP contribution in [0.4, 0.5) is 0 Å². The molecule has 0 aliphatic heterocycles. The van der Waals surface area contributed by atoms with E-state index in [4.69, 9.17) is 0 Å². The molecule has 0 fully saturated rings. The Morgan fingerprint density at radius 3 is 2.87 bits per heavy atom. The van der Waals surface area contributed by atoms with Gasteiger partial charge in [0.1, 0.15) is 4.21 Å². The molecule has 1 heterocycles. The molecule has 0 spiro atoms. The predicted octanol–water partition coefficient (Wildman–Crippen LogP) is 0.824. The standard InChI is InChI=1S/C9H11NO3S2/c1-2-8(11)10-5-7-15(12,13)9-4-3-6-14-9/h2-4,6H,1,5,7H2,(H,10,11). The lowest BCUT2D eigenvalue weighted by molar-refractivity contribution is -0.116. The Labute approximate surface area is 92.5 Å². The van der Waals surface area contributed by atoms with Crippen molar-refractivity contribution in [2.45, 2.75) is 4.21 Å². The minimum atomic E-state index is -3.25. The normalized spacial score (nSPS) is 10.9. The van der Waals surface area contributed by atoms with Gasteiger partial charge in [0.05, 0.1) is 5.75 Å². The highest BCUT2D eigenvalue weighted by Crippen LogP contribution is 2.16. The lowest BCUT2D eigenvalue weighted by Gasteiger charge is -2.02. The number of carbonyl (C=O) groups excluding carboxylic acids is 1. The average molecular weight is 245 g/mol. The first-order valence-electron chi connectivity index (χ1n) is 4.23. The van der Waals surface area contributed by atoms with E-state index in [1.807, 2.05) is 0 Å². The number of amides is 1. The number of sulfone groups is 1. The van der Waals surface area contributed by atoms with Crippen molar-refractivity contribution in [2.24, 2.45) is 0 Å². The number of hydrogen-bond donors (Lipinski definition) is 1. The van der Waals surface area contributed by atoms with E-state index in [2.05, 4.69) is 11.9 Å². The van der Waals surface area contributed by atoms with Gasteiger partial charge >= 0.3 is 0 Å². The summed E-state index contributed by atoms with van der Waals surface area (Å²) in [7, 11) is -3.25. The minimum absolute atomic E-state index is 0.0902. The van der Waals surface area contributed by atoms with Gasteiger partial charge in [-0.15, -0.1) is 11.3 Å². The summed E-state index contributed by atoms with van der Waals surface area (Å²) in [4.78, 5) is 10.8. The molecule has 0 saturated heterocycles. The number of hydrogen-bond acceptors (Lipinski definition) is 4. The van der Waals surface area contributed by atoms with Crippen molar-refractivity contribution in [3.63, 3.8) is 0 Å². The van der Waals surface area contributed by atoms with E-state index < -0.39 is 9.84 Å². The molecule has 15 heavy (non-hydrogen) atoms. The lowest BCUT2D eigenvalue weighted by atomic mass is 10.6. The van der Waals surface area contributed by atoms with Crippen LogP contribution in [-0.2, 0) is 14.6 Å². The molecule has 0 bridgehead atoms. The van der Waals surface area contributed by atoms with Crippen LogP contribution in [0.25, 0.3) is 0 Å². The second-order valence-corrected chi connectivity index (χ2v) is 6.03. The minimum Gasteiger partial charge on any atom is -0.352 e. The van der Waals surface area contributed by atoms with Crippen molar-refractivity contribution in [2.75, 3.05) is 12.3 Å². The molecule has 1 amide bonds. The maximum atomic E-state index is 11.6. The molecule has 0 aromatic carbocycles. The van der Waals surface area contributed by atoms with Crippen LogP contribution in [0.2, 0.25) is 0 Å². The van der Waals surface area contributed by atoms with Crippen molar-refractivity contribution in [1.82, 2.24) is 5.32 Å². The SMILES string of the molecule is C=CC(=O)NCCS(=O)(=O)c1cccs1. The third kappa shape index (κ3) is 3.49. The summed E-state index contributed by atoms with van der Waals surface area (Å²) in [6, 6.07) is 3.23. The predicted molar refractivity (Wildman–Crippen MR) is 59.6 cm³/mol. The fourth-order valence-corrected chi connectivity index (χ4v) is 3.23. The van der Waals surface area contributed by atoms with Crippen LogP contribution in [0.3, 0.4) is 0 Å². The molecule has 0 radical (unpaired) electrons. The molecule has 1 aromatic rings. The zero-order valence-corrected chi connectivity index (χ0v) is 9.60. The number of rotatable bonds is 5. The summed E-state index contributed by atoms with van der Waals surface area (Å²) >= 11 is 1.17. The van der Waals surface area contributed by atoms with Crippen molar-refractivity contribution < 1.29 is 13.2 Å². The highest BCUT2D eigenvalue weighted by Gasteiger charge is 2.14. The molecular weight excluding hydrogens is 234 g/mol.